The number of alkyl halides is 3. The maximum absolute atomic E-state index is 13.1. The number of hydrogen-bond donors (Lipinski definition) is 2. The van der Waals surface area contributed by atoms with Gasteiger partial charge >= 0.3 is 12.3 Å². The van der Waals surface area contributed by atoms with Gasteiger partial charge in [-0.05, 0) is 44.4 Å². The molecule has 1 amide bonds. The van der Waals surface area contributed by atoms with Crippen molar-refractivity contribution in [2.24, 2.45) is 0 Å². The van der Waals surface area contributed by atoms with E-state index in [9.17, 15) is 18.0 Å². The zero-order valence-electron chi connectivity index (χ0n) is 12.7. The summed E-state index contributed by atoms with van der Waals surface area (Å²) in [5.74, 6) is 0. The number of benzene rings is 1. The Morgan fingerprint density at radius 3 is 2.59 bits per heavy atom. The molecule has 1 aromatic rings. The first-order valence-corrected chi connectivity index (χ1v) is 7.00. The molecule has 0 spiro atoms. The summed E-state index contributed by atoms with van der Waals surface area (Å²) in [4.78, 5) is 11.8. The Morgan fingerprint density at radius 1 is 1.32 bits per heavy atom. The maximum Gasteiger partial charge on any atom is 0.412 e. The Kier molecular flexibility index (Phi) is 4.37. The first-order valence-electron chi connectivity index (χ1n) is 7.00. The lowest BCUT2D eigenvalue weighted by atomic mass is 9.92. The Labute approximate surface area is 127 Å². The Morgan fingerprint density at radius 2 is 2.00 bits per heavy atom. The van der Waals surface area contributed by atoms with Gasteiger partial charge in [0.15, 0.2) is 0 Å². The van der Waals surface area contributed by atoms with E-state index in [4.69, 9.17) is 4.74 Å². The fraction of sp³-hybridized carbons (Fsp3) is 0.533. The zero-order chi connectivity index (χ0) is 16.5. The van der Waals surface area contributed by atoms with Crippen LogP contribution in [0.4, 0.5) is 23.7 Å². The molecule has 0 saturated carbocycles. The van der Waals surface area contributed by atoms with E-state index in [1.807, 2.05) is 0 Å². The van der Waals surface area contributed by atoms with E-state index in [1.165, 1.54) is 12.1 Å². The lowest BCUT2D eigenvalue weighted by Crippen LogP contribution is -2.39. The summed E-state index contributed by atoms with van der Waals surface area (Å²) in [6.45, 7) is 5.36. The van der Waals surface area contributed by atoms with Crippen LogP contribution in [-0.2, 0) is 11.2 Å². The van der Waals surface area contributed by atoms with Crippen LogP contribution in [0, 0.1) is 0 Å². The van der Waals surface area contributed by atoms with Gasteiger partial charge in [0.1, 0.15) is 11.6 Å². The van der Waals surface area contributed by atoms with Crippen molar-refractivity contribution in [2.75, 3.05) is 11.9 Å². The SMILES string of the molecule is CC(C)(C)OC(=O)Nc1cccc2c1CCN[C@H]2C(F)(F)F. The highest BCUT2D eigenvalue weighted by Gasteiger charge is 2.43. The van der Waals surface area contributed by atoms with Crippen LogP contribution in [0.25, 0.3) is 0 Å². The first-order chi connectivity index (χ1) is 10.1. The number of fused-ring (bicyclic) bond motifs is 1. The van der Waals surface area contributed by atoms with Gasteiger partial charge in [-0.3, -0.25) is 5.32 Å². The predicted molar refractivity (Wildman–Crippen MR) is 76.8 cm³/mol. The van der Waals surface area contributed by atoms with Gasteiger partial charge in [0.2, 0.25) is 0 Å². The molecule has 1 aromatic carbocycles. The van der Waals surface area contributed by atoms with E-state index in [2.05, 4.69) is 10.6 Å². The summed E-state index contributed by atoms with van der Waals surface area (Å²) in [6, 6.07) is 2.80. The number of ether oxygens (including phenoxy) is 1. The Hall–Kier alpha value is -1.76. The third-order valence-electron chi connectivity index (χ3n) is 3.21. The average molecular weight is 316 g/mol. The number of carbonyl (C=O) groups excluding carboxylic acids is 1. The quantitative estimate of drug-likeness (QED) is 0.829. The standard InChI is InChI=1S/C15H19F3N2O2/c1-14(2,3)22-13(21)20-11-6-4-5-10-9(11)7-8-19-12(10)15(16,17)18/h4-6,12,19H,7-8H2,1-3H3,(H,20,21)/t12-/m1/s1. The largest absolute Gasteiger partial charge is 0.444 e. The van der Waals surface area contributed by atoms with Gasteiger partial charge in [0.05, 0.1) is 0 Å². The second kappa shape index (κ2) is 5.79. The molecule has 0 saturated heterocycles. The number of amides is 1. The highest BCUT2D eigenvalue weighted by molar-refractivity contribution is 5.86. The summed E-state index contributed by atoms with van der Waals surface area (Å²) >= 11 is 0. The summed E-state index contributed by atoms with van der Waals surface area (Å²) in [5, 5.41) is 5.01. The van der Waals surface area contributed by atoms with Crippen molar-refractivity contribution in [3.05, 3.63) is 29.3 Å². The first kappa shape index (κ1) is 16.6. The minimum absolute atomic E-state index is 0.146. The van der Waals surface area contributed by atoms with Crippen LogP contribution in [0.15, 0.2) is 18.2 Å². The minimum atomic E-state index is -4.38. The van der Waals surface area contributed by atoms with Crippen LogP contribution in [0.5, 0.6) is 0 Å². The molecule has 1 aliphatic rings. The molecule has 2 rings (SSSR count). The van der Waals surface area contributed by atoms with Crippen LogP contribution < -0.4 is 10.6 Å². The molecule has 4 nitrogen and oxygen atoms in total. The zero-order valence-corrected chi connectivity index (χ0v) is 12.7. The summed E-state index contributed by atoms with van der Waals surface area (Å²) in [6.07, 6.45) is -4.64. The molecule has 2 N–H and O–H groups in total. The predicted octanol–water partition coefficient (Wildman–Crippen LogP) is 3.78. The van der Waals surface area contributed by atoms with Crippen LogP contribution in [-0.4, -0.2) is 24.4 Å². The van der Waals surface area contributed by atoms with Crippen molar-refractivity contribution in [1.29, 1.82) is 0 Å². The molecule has 0 fully saturated rings. The third-order valence-corrected chi connectivity index (χ3v) is 3.21. The highest BCUT2D eigenvalue weighted by atomic mass is 19.4. The lowest BCUT2D eigenvalue weighted by Gasteiger charge is -2.30. The molecule has 122 valence electrons. The number of carbonyl (C=O) groups is 1. The summed E-state index contributed by atoms with van der Waals surface area (Å²) in [7, 11) is 0. The van der Waals surface area contributed by atoms with Gasteiger partial charge in [-0.2, -0.15) is 13.2 Å². The topological polar surface area (TPSA) is 50.4 Å². The molecule has 1 atom stereocenters. The molecule has 7 heteroatoms. The van der Waals surface area contributed by atoms with Gasteiger partial charge in [-0.15, -0.1) is 0 Å². The Balaban J connectivity index is 2.27. The molecular formula is C15H19F3N2O2. The molecule has 1 aliphatic heterocycles. The smallest absolute Gasteiger partial charge is 0.412 e. The van der Waals surface area contributed by atoms with E-state index in [0.29, 0.717) is 17.7 Å². The Bertz CT molecular complexity index is 565. The van der Waals surface area contributed by atoms with Crippen molar-refractivity contribution in [1.82, 2.24) is 5.32 Å². The number of anilines is 1. The van der Waals surface area contributed by atoms with Crippen molar-refractivity contribution >= 4 is 11.8 Å². The van der Waals surface area contributed by atoms with Gasteiger partial charge in [0.25, 0.3) is 0 Å². The monoisotopic (exact) mass is 316 g/mol. The fourth-order valence-corrected chi connectivity index (χ4v) is 2.43. The van der Waals surface area contributed by atoms with E-state index in [-0.39, 0.29) is 12.1 Å². The van der Waals surface area contributed by atoms with Crippen LogP contribution in [0.1, 0.15) is 37.9 Å². The van der Waals surface area contributed by atoms with Gasteiger partial charge in [-0.1, -0.05) is 12.1 Å². The second-order valence-electron chi connectivity index (χ2n) is 6.18. The molecule has 1 heterocycles. The molecular weight excluding hydrogens is 297 g/mol. The van der Waals surface area contributed by atoms with E-state index < -0.39 is 23.9 Å². The number of rotatable bonds is 1. The molecule has 0 aliphatic carbocycles. The average Bonchev–Trinajstić information content (AvgIpc) is 2.35. The fourth-order valence-electron chi connectivity index (χ4n) is 2.43. The minimum Gasteiger partial charge on any atom is -0.444 e. The van der Waals surface area contributed by atoms with Crippen LogP contribution in [0.2, 0.25) is 0 Å². The number of nitrogens with one attached hydrogen (secondary N) is 2. The van der Waals surface area contributed by atoms with Gasteiger partial charge in [0, 0.05) is 12.2 Å². The van der Waals surface area contributed by atoms with E-state index >= 15 is 0 Å². The third kappa shape index (κ3) is 3.91. The van der Waals surface area contributed by atoms with Crippen molar-refractivity contribution in [3.63, 3.8) is 0 Å². The molecule has 22 heavy (non-hydrogen) atoms. The van der Waals surface area contributed by atoms with Gasteiger partial charge in [-0.25, -0.2) is 4.79 Å². The number of hydrogen-bond acceptors (Lipinski definition) is 3. The second-order valence-corrected chi connectivity index (χ2v) is 6.18. The maximum atomic E-state index is 13.1. The van der Waals surface area contributed by atoms with E-state index in [0.717, 1.165) is 0 Å². The van der Waals surface area contributed by atoms with Crippen molar-refractivity contribution in [2.45, 2.75) is 45.0 Å². The molecule has 0 unspecified atom stereocenters. The van der Waals surface area contributed by atoms with Crippen molar-refractivity contribution in [3.8, 4) is 0 Å². The summed E-state index contributed by atoms with van der Waals surface area (Å²) < 4.78 is 44.3. The van der Waals surface area contributed by atoms with Crippen LogP contribution in [0.3, 0.4) is 0 Å². The summed E-state index contributed by atoms with van der Waals surface area (Å²) in [5.41, 5.74) is 0.332. The molecule has 0 aromatic heterocycles. The van der Waals surface area contributed by atoms with Crippen molar-refractivity contribution < 1.29 is 22.7 Å². The molecule has 0 radical (unpaired) electrons. The normalized spacial score (nSPS) is 18.5. The number of halogens is 3. The van der Waals surface area contributed by atoms with E-state index in [1.54, 1.807) is 26.8 Å². The molecule has 0 bridgehead atoms. The lowest BCUT2D eigenvalue weighted by molar-refractivity contribution is -0.158. The van der Waals surface area contributed by atoms with Crippen LogP contribution >= 0.6 is 0 Å². The van der Waals surface area contributed by atoms with Gasteiger partial charge < -0.3 is 10.1 Å². The highest BCUT2D eigenvalue weighted by Crippen LogP contribution is 2.38.